The molecule has 2 fully saturated rings. The molecular formula is C27H31F2N5O2. The summed E-state index contributed by atoms with van der Waals surface area (Å²) in [4.78, 5) is 31.8. The Kier molecular flexibility index (Phi) is 6.91. The summed E-state index contributed by atoms with van der Waals surface area (Å²) in [6.07, 6.45) is 1.91. The normalized spacial score (nSPS) is 16.8. The standard InChI is InChI=1S/C27H31F2N5O2/c1-31-22-10-9-19(28)18-20(22)25(34-13-4-8-24(34)35)26(31)27(36)30-11-5-12-32-14-16-33(17-15-32)23-7-3-2-6-21(23)29/h2-3,6-7,9-10,18H,4-5,8,11-17H2,1H3,(H,30,36). The molecule has 36 heavy (non-hydrogen) atoms. The van der Waals surface area contributed by atoms with Crippen LogP contribution in [-0.4, -0.2) is 67.1 Å². The topological polar surface area (TPSA) is 60.8 Å². The summed E-state index contributed by atoms with van der Waals surface area (Å²) in [7, 11) is 1.77. The average molecular weight is 496 g/mol. The number of hydrogen-bond donors (Lipinski definition) is 1. The second kappa shape index (κ2) is 10.3. The number of amides is 2. The van der Waals surface area contributed by atoms with E-state index < -0.39 is 5.82 Å². The van der Waals surface area contributed by atoms with Gasteiger partial charge in [0.2, 0.25) is 5.91 Å². The van der Waals surface area contributed by atoms with E-state index in [2.05, 4.69) is 15.1 Å². The molecule has 0 saturated carbocycles. The Morgan fingerprint density at radius 3 is 2.53 bits per heavy atom. The van der Waals surface area contributed by atoms with Crippen LogP contribution in [0.4, 0.5) is 20.2 Å². The Morgan fingerprint density at radius 2 is 1.81 bits per heavy atom. The molecule has 1 aromatic heterocycles. The molecule has 1 N–H and O–H groups in total. The lowest BCUT2D eigenvalue weighted by molar-refractivity contribution is -0.117. The fraction of sp³-hybridized carbons (Fsp3) is 0.407. The van der Waals surface area contributed by atoms with Gasteiger partial charge in [-0.15, -0.1) is 0 Å². The van der Waals surface area contributed by atoms with Gasteiger partial charge >= 0.3 is 0 Å². The van der Waals surface area contributed by atoms with Crippen molar-refractivity contribution >= 4 is 34.1 Å². The molecule has 7 nitrogen and oxygen atoms in total. The van der Waals surface area contributed by atoms with E-state index in [4.69, 9.17) is 0 Å². The number of aryl methyl sites for hydroxylation is 1. The molecule has 2 amide bonds. The molecule has 9 heteroatoms. The zero-order chi connectivity index (χ0) is 25.2. The molecule has 2 aliphatic heterocycles. The number of carbonyl (C=O) groups excluding carboxylic acids is 2. The van der Waals surface area contributed by atoms with Crippen LogP contribution in [0.25, 0.3) is 10.9 Å². The lowest BCUT2D eigenvalue weighted by atomic mass is 10.2. The molecule has 3 heterocycles. The van der Waals surface area contributed by atoms with Crippen molar-refractivity contribution in [2.75, 3.05) is 55.6 Å². The lowest BCUT2D eigenvalue weighted by Gasteiger charge is -2.36. The molecule has 0 bridgehead atoms. The number of rotatable bonds is 7. The van der Waals surface area contributed by atoms with Crippen molar-refractivity contribution in [3.05, 3.63) is 59.8 Å². The number of para-hydroxylation sites is 1. The van der Waals surface area contributed by atoms with Crippen LogP contribution in [0.3, 0.4) is 0 Å². The highest BCUT2D eigenvalue weighted by molar-refractivity contribution is 6.14. The maximum atomic E-state index is 14.1. The smallest absolute Gasteiger partial charge is 0.270 e. The number of hydrogen-bond acceptors (Lipinski definition) is 4. The van der Waals surface area contributed by atoms with Crippen molar-refractivity contribution in [3.8, 4) is 0 Å². The average Bonchev–Trinajstić information content (AvgIpc) is 3.42. The van der Waals surface area contributed by atoms with Crippen molar-refractivity contribution in [1.29, 1.82) is 0 Å². The Bertz CT molecular complexity index is 1280. The molecule has 0 aliphatic carbocycles. The first-order valence-electron chi connectivity index (χ1n) is 12.5. The van der Waals surface area contributed by atoms with Crippen LogP contribution in [0.2, 0.25) is 0 Å². The Labute approximate surface area is 209 Å². The summed E-state index contributed by atoms with van der Waals surface area (Å²) in [5, 5.41) is 3.57. The first kappa shape index (κ1) is 24.2. The number of benzene rings is 2. The predicted molar refractivity (Wildman–Crippen MR) is 136 cm³/mol. The molecular weight excluding hydrogens is 464 g/mol. The predicted octanol–water partition coefficient (Wildman–Crippen LogP) is 3.53. The molecule has 2 aromatic carbocycles. The minimum Gasteiger partial charge on any atom is -0.367 e. The van der Waals surface area contributed by atoms with Gasteiger partial charge in [0.05, 0.1) is 16.9 Å². The first-order chi connectivity index (χ1) is 17.4. The van der Waals surface area contributed by atoms with Crippen molar-refractivity contribution < 1.29 is 18.4 Å². The van der Waals surface area contributed by atoms with Crippen molar-refractivity contribution in [2.24, 2.45) is 7.05 Å². The quantitative estimate of drug-likeness (QED) is 0.510. The highest BCUT2D eigenvalue weighted by Crippen LogP contribution is 2.36. The number of anilines is 2. The first-order valence-corrected chi connectivity index (χ1v) is 12.5. The maximum Gasteiger partial charge on any atom is 0.270 e. The molecule has 2 aliphatic rings. The monoisotopic (exact) mass is 495 g/mol. The van der Waals surface area contributed by atoms with Gasteiger partial charge in [0.15, 0.2) is 0 Å². The third kappa shape index (κ3) is 4.67. The van der Waals surface area contributed by atoms with Crippen LogP contribution in [0.1, 0.15) is 29.8 Å². The minimum absolute atomic E-state index is 0.0460. The van der Waals surface area contributed by atoms with Crippen molar-refractivity contribution in [1.82, 2.24) is 14.8 Å². The molecule has 0 atom stereocenters. The summed E-state index contributed by atoms with van der Waals surface area (Å²) in [6.45, 7) is 5.00. The summed E-state index contributed by atoms with van der Waals surface area (Å²) < 4.78 is 29.9. The zero-order valence-electron chi connectivity index (χ0n) is 20.5. The van der Waals surface area contributed by atoms with Crippen molar-refractivity contribution in [2.45, 2.75) is 19.3 Å². The lowest BCUT2D eigenvalue weighted by Crippen LogP contribution is -2.47. The van der Waals surface area contributed by atoms with Gasteiger partial charge in [-0.2, -0.15) is 0 Å². The number of aromatic nitrogens is 1. The fourth-order valence-corrected chi connectivity index (χ4v) is 5.32. The molecule has 5 rings (SSSR count). The third-order valence-corrected chi connectivity index (χ3v) is 7.20. The number of carbonyl (C=O) groups is 2. The van der Waals surface area contributed by atoms with Crippen LogP contribution in [0, 0.1) is 11.6 Å². The summed E-state index contributed by atoms with van der Waals surface area (Å²) in [5.41, 5.74) is 2.23. The van der Waals surface area contributed by atoms with E-state index in [-0.39, 0.29) is 17.6 Å². The van der Waals surface area contributed by atoms with Gasteiger partial charge in [-0.3, -0.25) is 14.5 Å². The SMILES string of the molecule is Cn1c(C(=O)NCCCN2CCN(c3ccccc3F)CC2)c(N2CCCC2=O)c2cc(F)ccc21. The Balaban J connectivity index is 1.20. The van der Waals surface area contributed by atoms with Crippen LogP contribution < -0.4 is 15.1 Å². The van der Waals surface area contributed by atoms with E-state index in [9.17, 15) is 18.4 Å². The van der Waals surface area contributed by atoms with Crippen LogP contribution in [0.15, 0.2) is 42.5 Å². The molecule has 3 aromatic rings. The van der Waals surface area contributed by atoms with Crippen molar-refractivity contribution in [3.63, 3.8) is 0 Å². The van der Waals surface area contributed by atoms with Gasteiger partial charge < -0.3 is 19.7 Å². The molecule has 0 spiro atoms. The second-order valence-electron chi connectivity index (χ2n) is 9.46. The number of piperazine rings is 1. The van der Waals surface area contributed by atoms with Gasteiger partial charge in [0, 0.05) is 58.1 Å². The minimum atomic E-state index is -0.400. The van der Waals surface area contributed by atoms with Gasteiger partial charge in [-0.25, -0.2) is 8.78 Å². The van der Waals surface area contributed by atoms with Crippen LogP contribution in [-0.2, 0) is 11.8 Å². The number of nitrogens with zero attached hydrogens (tertiary/aromatic N) is 4. The van der Waals surface area contributed by atoms with E-state index in [0.717, 1.165) is 45.6 Å². The van der Waals surface area contributed by atoms with Crippen LogP contribution >= 0.6 is 0 Å². The summed E-state index contributed by atoms with van der Waals surface area (Å²) >= 11 is 0. The van der Waals surface area contributed by atoms with Gasteiger partial charge in [-0.1, -0.05) is 12.1 Å². The number of fused-ring (bicyclic) bond motifs is 1. The third-order valence-electron chi connectivity index (χ3n) is 7.20. The van der Waals surface area contributed by atoms with Crippen LogP contribution in [0.5, 0.6) is 0 Å². The maximum absolute atomic E-state index is 14.1. The van der Waals surface area contributed by atoms with Gasteiger partial charge in [-0.05, 0) is 49.7 Å². The molecule has 0 radical (unpaired) electrons. The van der Waals surface area contributed by atoms with E-state index in [1.54, 1.807) is 28.6 Å². The van der Waals surface area contributed by atoms with E-state index >= 15 is 0 Å². The highest BCUT2D eigenvalue weighted by atomic mass is 19.1. The number of halogens is 2. The Morgan fingerprint density at radius 1 is 1.03 bits per heavy atom. The van der Waals surface area contributed by atoms with E-state index in [1.807, 2.05) is 12.1 Å². The number of nitrogens with one attached hydrogen (secondary N) is 1. The summed E-state index contributed by atoms with van der Waals surface area (Å²) in [5.74, 6) is -0.911. The molecule has 2 saturated heterocycles. The van der Waals surface area contributed by atoms with E-state index in [0.29, 0.717) is 47.5 Å². The fourth-order valence-electron chi connectivity index (χ4n) is 5.32. The highest BCUT2D eigenvalue weighted by Gasteiger charge is 2.31. The Hall–Kier alpha value is -3.46. The van der Waals surface area contributed by atoms with Gasteiger partial charge in [0.25, 0.3) is 5.91 Å². The second-order valence-corrected chi connectivity index (χ2v) is 9.46. The van der Waals surface area contributed by atoms with E-state index in [1.165, 1.54) is 18.2 Å². The summed E-state index contributed by atoms with van der Waals surface area (Å²) in [6, 6.07) is 11.3. The largest absolute Gasteiger partial charge is 0.367 e. The molecule has 0 unspecified atom stereocenters. The van der Waals surface area contributed by atoms with Gasteiger partial charge in [0.1, 0.15) is 17.3 Å². The zero-order valence-corrected chi connectivity index (χ0v) is 20.5. The molecule has 190 valence electrons.